The minimum Gasteiger partial charge on any atom is -0.491 e. The van der Waals surface area contributed by atoms with E-state index >= 15 is 0 Å². The number of ether oxygens (including phenoxy) is 1. The molecular weight excluding hydrogens is 432 g/mol. The highest BCUT2D eigenvalue weighted by atomic mass is 35.5. The van der Waals surface area contributed by atoms with Gasteiger partial charge in [-0.25, -0.2) is 0 Å². The summed E-state index contributed by atoms with van der Waals surface area (Å²) in [5.74, 6) is 0.959. The molecular formula is C24H29ClN2O3S. The number of hydrogen-bond acceptors (Lipinski definition) is 4. The smallest absolute Gasteiger partial charge is 0.242 e. The first-order valence-corrected chi connectivity index (χ1v) is 12.3. The van der Waals surface area contributed by atoms with Crippen molar-refractivity contribution >= 4 is 34.8 Å². The third-order valence-corrected chi connectivity index (χ3v) is 7.52. The van der Waals surface area contributed by atoms with Gasteiger partial charge in [-0.15, -0.1) is 11.3 Å². The summed E-state index contributed by atoms with van der Waals surface area (Å²) in [7, 11) is 0. The molecule has 31 heavy (non-hydrogen) atoms. The number of nitrogens with zero attached hydrogens (tertiary/aromatic N) is 2. The van der Waals surface area contributed by atoms with Crippen molar-refractivity contribution in [2.75, 3.05) is 19.7 Å². The van der Waals surface area contributed by atoms with Crippen molar-refractivity contribution < 1.29 is 14.3 Å². The second-order valence-corrected chi connectivity index (χ2v) is 9.85. The number of rotatable bonds is 8. The molecule has 2 atom stereocenters. The second kappa shape index (κ2) is 9.61. The fraction of sp³-hybridized carbons (Fsp3) is 0.500. The Morgan fingerprint density at radius 3 is 2.68 bits per heavy atom. The van der Waals surface area contributed by atoms with Crippen LogP contribution in [-0.4, -0.2) is 47.4 Å². The highest BCUT2D eigenvalue weighted by Gasteiger charge is 2.38. The topological polar surface area (TPSA) is 49.9 Å². The van der Waals surface area contributed by atoms with Gasteiger partial charge in [0.05, 0.1) is 6.04 Å². The van der Waals surface area contributed by atoms with Crippen LogP contribution in [0.4, 0.5) is 0 Å². The van der Waals surface area contributed by atoms with E-state index in [1.54, 1.807) is 28.4 Å². The van der Waals surface area contributed by atoms with E-state index in [0.717, 1.165) is 37.0 Å². The molecule has 4 rings (SSSR count). The molecule has 1 fully saturated rings. The Bertz CT molecular complexity index is 925. The molecule has 7 heteroatoms. The quantitative estimate of drug-likeness (QED) is 0.560. The van der Waals surface area contributed by atoms with Crippen molar-refractivity contribution in [1.82, 2.24) is 9.80 Å². The van der Waals surface area contributed by atoms with Gasteiger partial charge in [0.15, 0.2) is 0 Å². The van der Waals surface area contributed by atoms with Crippen LogP contribution in [0.2, 0.25) is 5.02 Å². The average Bonchev–Trinajstić information content (AvgIpc) is 3.52. The van der Waals surface area contributed by atoms with Crippen molar-refractivity contribution in [3.63, 3.8) is 0 Å². The Morgan fingerprint density at radius 1 is 1.26 bits per heavy atom. The maximum atomic E-state index is 13.4. The van der Waals surface area contributed by atoms with Crippen LogP contribution in [-0.2, 0) is 16.0 Å². The Labute approximate surface area is 192 Å². The number of thiophene rings is 1. The highest BCUT2D eigenvalue weighted by molar-refractivity contribution is 7.10. The minimum absolute atomic E-state index is 0.00384. The van der Waals surface area contributed by atoms with Crippen LogP contribution < -0.4 is 4.74 Å². The summed E-state index contributed by atoms with van der Waals surface area (Å²) in [5.41, 5.74) is 1.15. The normalized spacial score (nSPS) is 18.9. The van der Waals surface area contributed by atoms with Gasteiger partial charge in [-0.1, -0.05) is 18.5 Å². The standard InChI is InChI=1S/C24H29ClN2O3S/c1-3-16(2)27(24(29)17-4-5-17)14-23(28)26-12-10-22-20(11-13-31-22)21(26)15-30-19-8-6-18(25)7-9-19/h6-9,11,13,16-17,21H,3-5,10,12,14-15H2,1-2H3/t16-,21-/m0/s1. The molecule has 0 radical (unpaired) electrons. The van der Waals surface area contributed by atoms with Crippen molar-refractivity contribution in [3.8, 4) is 5.75 Å². The molecule has 1 aromatic heterocycles. The fourth-order valence-electron chi connectivity index (χ4n) is 4.05. The van der Waals surface area contributed by atoms with Crippen LogP contribution in [0.1, 0.15) is 49.6 Å². The maximum Gasteiger partial charge on any atom is 0.242 e. The minimum atomic E-state index is -0.159. The van der Waals surface area contributed by atoms with Crippen molar-refractivity contribution in [2.45, 2.75) is 51.6 Å². The summed E-state index contributed by atoms with van der Waals surface area (Å²) >= 11 is 7.71. The van der Waals surface area contributed by atoms with Gasteiger partial charge in [0, 0.05) is 28.4 Å². The van der Waals surface area contributed by atoms with Crippen LogP contribution in [0, 0.1) is 5.92 Å². The molecule has 0 bridgehead atoms. The van der Waals surface area contributed by atoms with E-state index in [1.807, 2.05) is 24.0 Å². The van der Waals surface area contributed by atoms with E-state index < -0.39 is 0 Å². The molecule has 2 aliphatic rings. The molecule has 166 valence electrons. The number of fused-ring (bicyclic) bond motifs is 1. The number of hydrogen-bond donors (Lipinski definition) is 0. The monoisotopic (exact) mass is 460 g/mol. The van der Waals surface area contributed by atoms with Crippen molar-refractivity contribution in [3.05, 3.63) is 51.2 Å². The van der Waals surface area contributed by atoms with Gasteiger partial charge >= 0.3 is 0 Å². The average molecular weight is 461 g/mol. The molecule has 2 aromatic rings. The first-order valence-electron chi connectivity index (χ1n) is 11.0. The summed E-state index contributed by atoms with van der Waals surface area (Å²) in [4.78, 5) is 31.3. The van der Waals surface area contributed by atoms with Crippen molar-refractivity contribution in [2.24, 2.45) is 5.92 Å². The summed E-state index contributed by atoms with van der Waals surface area (Å²) in [6, 6.07) is 9.26. The van der Waals surface area contributed by atoms with Gasteiger partial charge in [-0.2, -0.15) is 0 Å². The number of amides is 2. The summed E-state index contributed by atoms with van der Waals surface area (Å²) in [5, 5.41) is 2.74. The molecule has 0 saturated heterocycles. The predicted molar refractivity (Wildman–Crippen MR) is 124 cm³/mol. The number of carbonyl (C=O) groups is 2. The first-order chi connectivity index (χ1) is 15.0. The lowest BCUT2D eigenvalue weighted by Crippen LogP contribution is -2.50. The van der Waals surface area contributed by atoms with E-state index in [-0.39, 0.29) is 36.4 Å². The molecule has 1 saturated carbocycles. The molecule has 0 spiro atoms. The summed E-state index contributed by atoms with van der Waals surface area (Å²) in [6.45, 7) is 5.25. The predicted octanol–water partition coefficient (Wildman–Crippen LogP) is 4.94. The zero-order valence-corrected chi connectivity index (χ0v) is 19.6. The Hall–Kier alpha value is -2.05. The SMILES string of the molecule is CC[C@H](C)N(CC(=O)N1CCc2sccc2[C@@H]1COc1ccc(Cl)cc1)C(=O)C1CC1. The number of halogens is 1. The molecule has 1 aromatic carbocycles. The molecule has 0 unspecified atom stereocenters. The molecule has 1 aliphatic carbocycles. The van der Waals surface area contributed by atoms with E-state index in [9.17, 15) is 9.59 Å². The van der Waals surface area contributed by atoms with Gasteiger partial charge in [0.25, 0.3) is 0 Å². The lowest BCUT2D eigenvalue weighted by Gasteiger charge is -2.38. The Kier molecular flexibility index (Phi) is 6.87. The largest absolute Gasteiger partial charge is 0.491 e. The molecule has 5 nitrogen and oxygen atoms in total. The Morgan fingerprint density at radius 2 is 2.00 bits per heavy atom. The van der Waals surface area contributed by atoms with Gasteiger partial charge in [0.2, 0.25) is 11.8 Å². The number of benzene rings is 1. The second-order valence-electron chi connectivity index (χ2n) is 8.41. The zero-order valence-electron chi connectivity index (χ0n) is 18.1. The van der Waals surface area contributed by atoms with E-state index in [0.29, 0.717) is 18.2 Å². The molecule has 1 aliphatic heterocycles. The van der Waals surface area contributed by atoms with Gasteiger partial charge in [-0.3, -0.25) is 9.59 Å². The first kappa shape index (κ1) is 22.2. The Balaban J connectivity index is 1.50. The maximum absolute atomic E-state index is 13.4. The van der Waals surface area contributed by atoms with Crippen LogP contribution >= 0.6 is 22.9 Å². The number of carbonyl (C=O) groups excluding carboxylic acids is 2. The summed E-state index contributed by atoms with van der Waals surface area (Å²) < 4.78 is 6.05. The third kappa shape index (κ3) is 5.07. The van der Waals surface area contributed by atoms with Crippen molar-refractivity contribution in [1.29, 1.82) is 0 Å². The van der Waals surface area contributed by atoms with Gasteiger partial charge in [-0.05, 0) is 73.9 Å². The summed E-state index contributed by atoms with van der Waals surface area (Å²) in [6.07, 6.45) is 3.57. The lowest BCUT2D eigenvalue weighted by molar-refractivity contribution is -0.145. The van der Waals surface area contributed by atoms with E-state index in [4.69, 9.17) is 16.3 Å². The van der Waals surface area contributed by atoms with E-state index in [2.05, 4.69) is 18.4 Å². The van der Waals surface area contributed by atoms with E-state index in [1.165, 1.54) is 4.88 Å². The molecule has 2 heterocycles. The molecule has 0 N–H and O–H groups in total. The van der Waals surface area contributed by atoms with Crippen LogP contribution in [0.3, 0.4) is 0 Å². The zero-order chi connectivity index (χ0) is 22.0. The van der Waals surface area contributed by atoms with Gasteiger partial charge in [0.1, 0.15) is 18.9 Å². The highest BCUT2D eigenvalue weighted by Crippen LogP contribution is 2.35. The van der Waals surface area contributed by atoms with Crippen LogP contribution in [0.25, 0.3) is 0 Å². The van der Waals surface area contributed by atoms with Gasteiger partial charge < -0.3 is 14.5 Å². The lowest BCUT2D eigenvalue weighted by atomic mass is 10.00. The van der Waals surface area contributed by atoms with Crippen LogP contribution in [0.15, 0.2) is 35.7 Å². The molecule has 2 amide bonds. The fourth-order valence-corrected chi connectivity index (χ4v) is 5.11. The third-order valence-electron chi connectivity index (χ3n) is 6.27. The van der Waals surface area contributed by atoms with Crippen LogP contribution in [0.5, 0.6) is 5.75 Å².